The van der Waals surface area contributed by atoms with Crippen LogP contribution < -0.4 is 5.32 Å². The van der Waals surface area contributed by atoms with Gasteiger partial charge < -0.3 is 15.2 Å². The van der Waals surface area contributed by atoms with Crippen LogP contribution >= 0.6 is 0 Å². The van der Waals surface area contributed by atoms with Gasteiger partial charge in [0, 0.05) is 12.1 Å². The average molecular weight is 279 g/mol. The number of aliphatic carboxylic acids is 1. The van der Waals surface area contributed by atoms with Crippen LogP contribution in [0.3, 0.4) is 0 Å². The number of hydrogen-bond acceptors (Lipinski definition) is 6. The Hall–Kier alpha value is -2.99. The normalized spacial score (nSPS) is 9.55. The predicted octanol–water partition coefficient (Wildman–Crippen LogP) is 0.506. The van der Waals surface area contributed by atoms with Gasteiger partial charge in [0.1, 0.15) is 19.3 Å². The number of benzene rings is 1. The number of carbonyl (C=O) groups excluding carboxylic acids is 1. The minimum Gasteiger partial charge on any atom is -0.480 e. The monoisotopic (exact) mass is 279 g/mol. The summed E-state index contributed by atoms with van der Waals surface area (Å²) in [6.45, 7) is -1.13. The summed E-state index contributed by atoms with van der Waals surface area (Å²) in [6, 6.07) is 5.09. The number of ether oxygens (including phenoxy) is 1. The van der Waals surface area contributed by atoms with Gasteiger partial charge in [0.05, 0.1) is 16.2 Å². The number of carboxylic acid groups (broad SMARTS) is 1. The predicted molar refractivity (Wildman–Crippen MR) is 64.9 cm³/mol. The number of amides is 1. The Morgan fingerprint density at radius 1 is 1.45 bits per heavy atom. The van der Waals surface area contributed by atoms with Crippen molar-refractivity contribution in [3.8, 4) is 6.07 Å². The van der Waals surface area contributed by atoms with Crippen LogP contribution in [0.2, 0.25) is 0 Å². The zero-order valence-corrected chi connectivity index (χ0v) is 10.0. The molecule has 0 saturated carbocycles. The first-order chi connectivity index (χ1) is 9.43. The van der Waals surface area contributed by atoms with E-state index in [0.717, 1.165) is 12.1 Å². The number of carboxylic acids is 1. The Morgan fingerprint density at radius 2 is 2.15 bits per heavy atom. The Kier molecular flexibility index (Phi) is 5.13. The molecule has 0 spiro atoms. The molecule has 9 heteroatoms. The maximum absolute atomic E-state index is 11.4. The Balaban J connectivity index is 2.72. The van der Waals surface area contributed by atoms with Crippen molar-refractivity contribution in [2.75, 3.05) is 18.5 Å². The molecule has 0 bridgehead atoms. The van der Waals surface area contributed by atoms with Crippen molar-refractivity contribution in [3.63, 3.8) is 0 Å². The van der Waals surface area contributed by atoms with Gasteiger partial charge in [0.25, 0.3) is 5.69 Å². The summed E-state index contributed by atoms with van der Waals surface area (Å²) < 4.78 is 4.56. The molecule has 20 heavy (non-hydrogen) atoms. The third kappa shape index (κ3) is 4.35. The van der Waals surface area contributed by atoms with Gasteiger partial charge in [-0.1, -0.05) is 0 Å². The van der Waals surface area contributed by atoms with Crippen LogP contribution in [-0.2, 0) is 14.3 Å². The molecule has 0 aliphatic rings. The molecule has 1 aromatic rings. The second-order valence-electron chi connectivity index (χ2n) is 3.53. The molecule has 0 fully saturated rings. The Labute approximate surface area is 112 Å². The van der Waals surface area contributed by atoms with E-state index in [9.17, 15) is 19.7 Å². The van der Waals surface area contributed by atoms with Crippen LogP contribution in [0.15, 0.2) is 18.2 Å². The van der Waals surface area contributed by atoms with Gasteiger partial charge in [-0.2, -0.15) is 5.26 Å². The van der Waals surface area contributed by atoms with Gasteiger partial charge in [-0.15, -0.1) is 0 Å². The Bertz CT molecular complexity index is 592. The maximum Gasteiger partial charge on any atom is 0.329 e. The molecule has 9 nitrogen and oxygen atoms in total. The zero-order valence-electron chi connectivity index (χ0n) is 10.0. The van der Waals surface area contributed by atoms with E-state index in [1.165, 1.54) is 6.07 Å². The number of rotatable bonds is 6. The molecule has 0 atom stereocenters. The van der Waals surface area contributed by atoms with Gasteiger partial charge in [-0.05, 0) is 6.07 Å². The number of nitro groups is 1. The molecule has 1 amide bonds. The third-order valence-corrected chi connectivity index (χ3v) is 2.07. The molecule has 0 aromatic heterocycles. The van der Waals surface area contributed by atoms with Crippen molar-refractivity contribution in [2.24, 2.45) is 0 Å². The fourth-order valence-electron chi connectivity index (χ4n) is 1.26. The fraction of sp³-hybridized carbons (Fsp3) is 0.182. The van der Waals surface area contributed by atoms with Gasteiger partial charge in [-0.3, -0.25) is 14.9 Å². The van der Waals surface area contributed by atoms with Gasteiger partial charge >= 0.3 is 5.97 Å². The number of nitrogens with one attached hydrogen (secondary N) is 1. The summed E-state index contributed by atoms with van der Waals surface area (Å²) in [5.74, 6) is -1.89. The van der Waals surface area contributed by atoms with E-state index < -0.39 is 30.0 Å². The van der Waals surface area contributed by atoms with Crippen molar-refractivity contribution in [1.29, 1.82) is 5.26 Å². The van der Waals surface area contributed by atoms with E-state index in [-0.39, 0.29) is 16.9 Å². The summed E-state index contributed by atoms with van der Waals surface area (Å²) in [5, 5.41) is 30.0. The maximum atomic E-state index is 11.4. The summed E-state index contributed by atoms with van der Waals surface area (Å²) in [7, 11) is 0. The SMILES string of the molecule is N#Cc1cc([N+](=O)[O-])ccc1NC(=O)COCC(=O)O. The van der Waals surface area contributed by atoms with E-state index in [0.29, 0.717) is 0 Å². The molecule has 1 aromatic carbocycles. The standard InChI is InChI=1S/C11H9N3O6/c12-4-7-3-8(14(18)19)1-2-9(7)13-10(15)5-20-6-11(16)17/h1-3H,5-6H2,(H,13,15)(H,16,17). The lowest BCUT2D eigenvalue weighted by molar-refractivity contribution is -0.384. The molecule has 0 heterocycles. The van der Waals surface area contributed by atoms with E-state index >= 15 is 0 Å². The second-order valence-corrected chi connectivity index (χ2v) is 3.53. The lowest BCUT2D eigenvalue weighted by atomic mass is 10.1. The van der Waals surface area contributed by atoms with Crippen molar-refractivity contribution in [2.45, 2.75) is 0 Å². The first-order valence-corrected chi connectivity index (χ1v) is 5.22. The third-order valence-electron chi connectivity index (χ3n) is 2.07. The summed E-state index contributed by atoms with van der Waals surface area (Å²) in [6.07, 6.45) is 0. The lowest BCUT2D eigenvalue weighted by Crippen LogP contribution is -2.21. The minimum absolute atomic E-state index is 0.0780. The number of carbonyl (C=O) groups is 2. The molecule has 0 aliphatic heterocycles. The molecule has 0 unspecified atom stereocenters. The number of nitrogens with zero attached hydrogens (tertiary/aromatic N) is 2. The van der Waals surface area contributed by atoms with Crippen LogP contribution in [0.25, 0.3) is 0 Å². The van der Waals surface area contributed by atoms with E-state index in [1.807, 2.05) is 0 Å². The highest BCUT2D eigenvalue weighted by atomic mass is 16.6. The van der Waals surface area contributed by atoms with Crippen LogP contribution in [0.5, 0.6) is 0 Å². The van der Waals surface area contributed by atoms with Gasteiger partial charge in [0.2, 0.25) is 5.91 Å². The number of nitriles is 1. The van der Waals surface area contributed by atoms with Crippen LogP contribution in [-0.4, -0.2) is 35.1 Å². The molecule has 0 saturated heterocycles. The number of hydrogen-bond donors (Lipinski definition) is 2. The highest BCUT2D eigenvalue weighted by Gasteiger charge is 2.12. The van der Waals surface area contributed by atoms with Crippen LogP contribution in [0.1, 0.15) is 5.56 Å². The molecule has 0 radical (unpaired) electrons. The van der Waals surface area contributed by atoms with Crippen LogP contribution in [0, 0.1) is 21.4 Å². The van der Waals surface area contributed by atoms with E-state index in [2.05, 4.69) is 10.1 Å². The second kappa shape index (κ2) is 6.81. The zero-order chi connectivity index (χ0) is 15.1. The molecular weight excluding hydrogens is 270 g/mol. The topological polar surface area (TPSA) is 143 Å². The van der Waals surface area contributed by atoms with E-state index in [4.69, 9.17) is 10.4 Å². The first-order valence-electron chi connectivity index (χ1n) is 5.22. The summed E-state index contributed by atoms with van der Waals surface area (Å²) in [5.41, 5.74) is -0.269. The van der Waals surface area contributed by atoms with Crippen LogP contribution in [0.4, 0.5) is 11.4 Å². The first kappa shape index (κ1) is 15.1. The van der Waals surface area contributed by atoms with Gasteiger partial charge in [0.15, 0.2) is 0 Å². The summed E-state index contributed by atoms with van der Waals surface area (Å²) in [4.78, 5) is 31.5. The van der Waals surface area contributed by atoms with Gasteiger partial charge in [-0.25, -0.2) is 4.79 Å². The number of non-ortho nitro benzene ring substituents is 1. The molecule has 2 N–H and O–H groups in total. The lowest BCUT2D eigenvalue weighted by Gasteiger charge is -2.06. The number of nitro benzene ring substituents is 1. The van der Waals surface area contributed by atoms with E-state index in [1.54, 1.807) is 6.07 Å². The van der Waals surface area contributed by atoms with Crippen molar-refractivity contribution >= 4 is 23.3 Å². The molecule has 0 aliphatic carbocycles. The highest BCUT2D eigenvalue weighted by molar-refractivity contribution is 5.93. The fourth-order valence-corrected chi connectivity index (χ4v) is 1.26. The smallest absolute Gasteiger partial charge is 0.329 e. The average Bonchev–Trinajstić information content (AvgIpc) is 2.38. The number of anilines is 1. The quantitative estimate of drug-likeness (QED) is 0.570. The largest absolute Gasteiger partial charge is 0.480 e. The van der Waals surface area contributed by atoms with Crippen molar-refractivity contribution in [3.05, 3.63) is 33.9 Å². The van der Waals surface area contributed by atoms with Crippen molar-refractivity contribution in [1.82, 2.24) is 0 Å². The Morgan fingerprint density at radius 3 is 2.70 bits per heavy atom. The molecule has 1 rings (SSSR count). The van der Waals surface area contributed by atoms with Crippen molar-refractivity contribution < 1.29 is 24.4 Å². The molecular formula is C11H9N3O6. The molecule has 104 valence electrons. The highest BCUT2D eigenvalue weighted by Crippen LogP contribution is 2.21. The summed E-state index contributed by atoms with van der Waals surface area (Å²) >= 11 is 0. The minimum atomic E-state index is -1.22.